The molecule has 2 aromatic rings. The maximum Gasteiger partial charge on any atom is 0.119 e. The van der Waals surface area contributed by atoms with Gasteiger partial charge in [-0.15, -0.1) is 11.3 Å². The average molecular weight is 415 g/mol. The highest BCUT2D eigenvalue weighted by molar-refractivity contribution is 7.11. The fraction of sp³-hybridized carbons (Fsp3) is 0.583. The van der Waals surface area contributed by atoms with Crippen LogP contribution in [-0.4, -0.2) is 54.8 Å². The van der Waals surface area contributed by atoms with Crippen LogP contribution >= 0.6 is 11.3 Å². The van der Waals surface area contributed by atoms with Crippen LogP contribution in [0.2, 0.25) is 0 Å². The number of aliphatic hydroxyl groups excluding tert-OH is 1. The first-order valence-corrected chi connectivity index (χ1v) is 11.8. The second-order valence-electron chi connectivity index (χ2n) is 8.85. The quantitative estimate of drug-likeness (QED) is 0.703. The third-order valence-corrected chi connectivity index (χ3v) is 7.52. The van der Waals surface area contributed by atoms with Crippen molar-refractivity contribution in [3.05, 3.63) is 51.7 Å². The van der Waals surface area contributed by atoms with Gasteiger partial charge in [0.25, 0.3) is 0 Å². The molecule has 2 fully saturated rings. The van der Waals surface area contributed by atoms with Crippen LogP contribution in [0, 0.1) is 5.41 Å². The maximum absolute atomic E-state index is 10.3. The molecule has 5 heteroatoms. The molecule has 1 aromatic heterocycles. The summed E-state index contributed by atoms with van der Waals surface area (Å²) < 4.78 is 5.39. The van der Waals surface area contributed by atoms with Crippen molar-refractivity contribution >= 4 is 11.3 Å². The molecule has 0 bridgehead atoms. The molecule has 0 radical (unpaired) electrons. The van der Waals surface area contributed by atoms with Gasteiger partial charge in [-0.05, 0) is 81.6 Å². The van der Waals surface area contributed by atoms with E-state index in [1.54, 1.807) is 7.11 Å². The largest absolute Gasteiger partial charge is 0.497 e. The summed E-state index contributed by atoms with van der Waals surface area (Å²) in [5.41, 5.74) is 1.20. The van der Waals surface area contributed by atoms with Crippen LogP contribution in [0.3, 0.4) is 0 Å². The van der Waals surface area contributed by atoms with E-state index in [0.717, 1.165) is 51.2 Å². The van der Waals surface area contributed by atoms with Crippen molar-refractivity contribution in [2.24, 2.45) is 5.41 Å². The molecule has 2 aliphatic rings. The molecule has 1 unspecified atom stereocenters. The zero-order chi connectivity index (χ0) is 20.1. The molecule has 0 spiro atoms. The van der Waals surface area contributed by atoms with E-state index in [1.165, 1.54) is 41.2 Å². The summed E-state index contributed by atoms with van der Waals surface area (Å²) >= 11 is 1.97. The van der Waals surface area contributed by atoms with Crippen LogP contribution < -0.4 is 4.74 Å². The van der Waals surface area contributed by atoms with Gasteiger partial charge in [0, 0.05) is 34.8 Å². The van der Waals surface area contributed by atoms with Crippen LogP contribution in [0.15, 0.2) is 36.4 Å². The highest BCUT2D eigenvalue weighted by atomic mass is 32.1. The minimum Gasteiger partial charge on any atom is -0.497 e. The molecule has 0 saturated carbocycles. The lowest BCUT2D eigenvalue weighted by molar-refractivity contribution is 0.0292. The smallest absolute Gasteiger partial charge is 0.119 e. The fourth-order valence-corrected chi connectivity index (χ4v) is 6.07. The van der Waals surface area contributed by atoms with Crippen LogP contribution in [-0.2, 0) is 19.5 Å². The lowest BCUT2D eigenvalue weighted by Crippen LogP contribution is -2.46. The summed E-state index contributed by atoms with van der Waals surface area (Å²) in [6, 6.07) is 12.9. The van der Waals surface area contributed by atoms with Crippen LogP contribution in [0.4, 0.5) is 0 Å². The van der Waals surface area contributed by atoms with Gasteiger partial charge in [-0.1, -0.05) is 12.1 Å². The van der Waals surface area contributed by atoms with Gasteiger partial charge in [0.1, 0.15) is 5.75 Å². The van der Waals surface area contributed by atoms with Crippen molar-refractivity contribution < 1.29 is 9.84 Å². The number of methoxy groups -OCH3 is 1. The second-order valence-corrected chi connectivity index (χ2v) is 10.1. The molecule has 2 saturated heterocycles. The zero-order valence-corrected chi connectivity index (χ0v) is 18.4. The average Bonchev–Trinajstić information content (AvgIpc) is 3.41. The van der Waals surface area contributed by atoms with Crippen molar-refractivity contribution in [2.75, 3.05) is 39.9 Å². The Morgan fingerprint density at radius 3 is 2.45 bits per heavy atom. The Kier molecular flexibility index (Phi) is 6.91. The van der Waals surface area contributed by atoms with Crippen molar-refractivity contribution in [2.45, 2.75) is 45.2 Å². The van der Waals surface area contributed by atoms with E-state index in [4.69, 9.17) is 4.74 Å². The van der Waals surface area contributed by atoms with Gasteiger partial charge in [0.15, 0.2) is 0 Å². The number of rotatable bonds is 8. The van der Waals surface area contributed by atoms with Crippen LogP contribution in [0.1, 0.15) is 41.0 Å². The van der Waals surface area contributed by atoms with Crippen molar-refractivity contribution in [1.82, 2.24) is 9.80 Å². The molecule has 158 valence electrons. The Morgan fingerprint density at radius 2 is 1.72 bits per heavy atom. The summed E-state index contributed by atoms with van der Waals surface area (Å²) in [7, 11) is 1.71. The van der Waals surface area contributed by atoms with E-state index in [-0.39, 0.29) is 12.0 Å². The van der Waals surface area contributed by atoms with Gasteiger partial charge >= 0.3 is 0 Å². The Hall–Kier alpha value is -1.40. The van der Waals surface area contributed by atoms with Crippen molar-refractivity contribution in [3.63, 3.8) is 0 Å². The molecule has 3 heterocycles. The van der Waals surface area contributed by atoms with Gasteiger partial charge in [-0.3, -0.25) is 9.80 Å². The number of piperidine rings is 1. The predicted octanol–water partition coefficient (Wildman–Crippen LogP) is 4.17. The first kappa shape index (κ1) is 20.9. The molecule has 29 heavy (non-hydrogen) atoms. The van der Waals surface area contributed by atoms with E-state index >= 15 is 0 Å². The summed E-state index contributed by atoms with van der Waals surface area (Å²) in [5, 5.41) is 10.3. The summed E-state index contributed by atoms with van der Waals surface area (Å²) in [5.74, 6) is 0.896. The van der Waals surface area contributed by atoms with E-state index in [0.29, 0.717) is 0 Å². The molecule has 0 aliphatic carbocycles. The summed E-state index contributed by atoms with van der Waals surface area (Å²) in [4.78, 5) is 8.06. The molecule has 1 N–H and O–H groups in total. The highest BCUT2D eigenvalue weighted by Gasteiger charge is 2.35. The Labute approximate surface area is 179 Å². The lowest BCUT2D eigenvalue weighted by Gasteiger charge is -2.42. The molecule has 4 nitrogen and oxygen atoms in total. The number of ether oxygens (including phenoxy) is 1. The number of thiophene rings is 1. The van der Waals surface area contributed by atoms with E-state index in [2.05, 4.69) is 34.1 Å². The molecule has 4 rings (SSSR count). The van der Waals surface area contributed by atoms with E-state index in [1.807, 2.05) is 23.5 Å². The lowest BCUT2D eigenvalue weighted by atomic mass is 9.75. The Balaban J connectivity index is 1.38. The Bertz CT molecular complexity index is 787. The summed E-state index contributed by atoms with van der Waals surface area (Å²) in [6.07, 6.45) is 5.84. The number of aliphatic hydroxyl groups is 1. The topological polar surface area (TPSA) is 35.9 Å². The van der Waals surface area contributed by atoms with Gasteiger partial charge in [0.2, 0.25) is 0 Å². The highest BCUT2D eigenvalue weighted by Crippen LogP contribution is 2.35. The first-order chi connectivity index (χ1) is 14.2. The minimum absolute atomic E-state index is 0.0553. The normalized spacial score (nSPS) is 23.5. The summed E-state index contributed by atoms with van der Waals surface area (Å²) in [6.45, 7) is 6.95. The first-order valence-electron chi connectivity index (χ1n) is 10.9. The number of hydrogen-bond donors (Lipinski definition) is 1. The second kappa shape index (κ2) is 9.61. The number of likely N-dealkylation sites (tertiary alicyclic amines) is 2. The SMILES string of the molecule is COc1cccc(CC2(CO)CCCN(Cc3ccc(CN4CCCC4)s3)C2)c1. The molecule has 0 amide bonds. The fourth-order valence-electron chi connectivity index (χ4n) is 4.96. The third kappa shape index (κ3) is 5.40. The van der Waals surface area contributed by atoms with Gasteiger partial charge in [-0.2, -0.15) is 0 Å². The Morgan fingerprint density at radius 1 is 1.00 bits per heavy atom. The van der Waals surface area contributed by atoms with Crippen LogP contribution in [0.5, 0.6) is 5.75 Å². The van der Waals surface area contributed by atoms with Crippen molar-refractivity contribution in [3.8, 4) is 5.75 Å². The predicted molar refractivity (Wildman–Crippen MR) is 120 cm³/mol. The van der Waals surface area contributed by atoms with Gasteiger partial charge < -0.3 is 9.84 Å². The molecular weight excluding hydrogens is 380 g/mol. The molecular formula is C24H34N2O2S. The molecule has 2 aliphatic heterocycles. The third-order valence-electron chi connectivity index (χ3n) is 6.46. The number of hydrogen-bond acceptors (Lipinski definition) is 5. The number of nitrogens with zero attached hydrogens (tertiary/aromatic N) is 2. The molecule has 1 aromatic carbocycles. The van der Waals surface area contributed by atoms with Gasteiger partial charge in [0.05, 0.1) is 13.7 Å². The monoisotopic (exact) mass is 414 g/mol. The van der Waals surface area contributed by atoms with E-state index in [9.17, 15) is 5.11 Å². The maximum atomic E-state index is 10.3. The minimum atomic E-state index is -0.0553. The van der Waals surface area contributed by atoms with E-state index < -0.39 is 0 Å². The molecule has 1 atom stereocenters. The van der Waals surface area contributed by atoms with Crippen LogP contribution in [0.25, 0.3) is 0 Å². The van der Waals surface area contributed by atoms with Crippen molar-refractivity contribution in [1.29, 1.82) is 0 Å². The standard InChI is InChI=1S/C24H34N2O2S/c1-28-21-7-4-6-20(14-21)15-24(19-27)10-5-13-26(18-24)17-23-9-8-22(29-23)16-25-11-2-3-12-25/h4,6-9,14,27H,2-3,5,10-13,15-19H2,1H3. The zero-order valence-electron chi connectivity index (χ0n) is 17.6. The number of benzene rings is 1. The van der Waals surface area contributed by atoms with Gasteiger partial charge in [-0.25, -0.2) is 0 Å².